The van der Waals surface area contributed by atoms with Gasteiger partial charge >= 0.3 is 0 Å². The maximum Gasteiger partial charge on any atom is 0.238 e. The van der Waals surface area contributed by atoms with Crippen LogP contribution in [0.25, 0.3) is 0 Å². The van der Waals surface area contributed by atoms with Crippen LogP contribution >= 0.6 is 11.6 Å². The first-order valence-electron chi connectivity index (χ1n) is 8.53. The molecule has 1 heterocycles. The van der Waals surface area contributed by atoms with Gasteiger partial charge in [0.15, 0.2) is 0 Å². The summed E-state index contributed by atoms with van der Waals surface area (Å²) in [5, 5.41) is 3.27. The van der Waals surface area contributed by atoms with Crippen molar-refractivity contribution in [1.29, 1.82) is 0 Å². The molecule has 1 aliphatic rings. The standard InChI is InChI=1S/C18H26ClN3O4/c1-12-8-22(9-13(2)26-12)18(24)11-21(3)10-17(23)20-15-7-14(19)5-6-16(15)25-4/h5-7,12-13H,8-11H2,1-4H3,(H,20,23)/t12-,13+. The van der Waals surface area contributed by atoms with Gasteiger partial charge in [0.1, 0.15) is 5.75 Å². The van der Waals surface area contributed by atoms with E-state index in [4.69, 9.17) is 21.1 Å². The van der Waals surface area contributed by atoms with E-state index >= 15 is 0 Å². The van der Waals surface area contributed by atoms with Crippen molar-refractivity contribution >= 4 is 29.1 Å². The van der Waals surface area contributed by atoms with Crippen LogP contribution in [0.3, 0.4) is 0 Å². The van der Waals surface area contributed by atoms with Crippen molar-refractivity contribution in [1.82, 2.24) is 9.80 Å². The summed E-state index contributed by atoms with van der Waals surface area (Å²) in [4.78, 5) is 28.2. The van der Waals surface area contributed by atoms with Gasteiger partial charge < -0.3 is 19.7 Å². The first kappa shape index (κ1) is 20.5. The molecule has 1 aromatic carbocycles. The van der Waals surface area contributed by atoms with Crippen molar-refractivity contribution in [2.24, 2.45) is 0 Å². The SMILES string of the molecule is COc1ccc(Cl)cc1NC(=O)CN(C)CC(=O)N1C[C@@H](C)O[C@@H](C)C1. The minimum absolute atomic E-state index is 0.0114. The summed E-state index contributed by atoms with van der Waals surface area (Å²) < 4.78 is 10.9. The van der Waals surface area contributed by atoms with E-state index < -0.39 is 0 Å². The summed E-state index contributed by atoms with van der Waals surface area (Å²) in [7, 11) is 3.26. The van der Waals surface area contributed by atoms with Gasteiger partial charge in [-0.15, -0.1) is 0 Å². The third-order valence-corrected chi connectivity index (χ3v) is 4.26. The van der Waals surface area contributed by atoms with Crippen LogP contribution in [-0.2, 0) is 14.3 Å². The number of likely N-dealkylation sites (N-methyl/N-ethyl adjacent to an activating group) is 1. The Morgan fingerprint density at radius 3 is 2.58 bits per heavy atom. The summed E-state index contributed by atoms with van der Waals surface area (Å²) in [6.45, 7) is 5.29. The zero-order valence-electron chi connectivity index (χ0n) is 15.6. The number of halogens is 1. The maximum absolute atomic E-state index is 12.4. The van der Waals surface area contributed by atoms with E-state index in [0.29, 0.717) is 29.5 Å². The predicted molar refractivity (Wildman–Crippen MR) is 101 cm³/mol. The minimum Gasteiger partial charge on any atom is -0.495 e. The van der Waals surface area contributed by atoms with Crippen molar-refractivity contribution in [2.45, 2.75) is 26.1 Å². The Morgan fingerprint density at radius 1 is 1.31 bits per heavy atom. The van der Waals surface area contributed by atoms with Gasteiger partial charge in [0.25, 0.3) is 0 Å². The Morgan fingerprint density at radius 2 is 1.96 bits per heavy atom. The molecule has 0 unspecified atom stereocenters. The second-order valence-electron chi connectivity index (χ2n) is 6.62. The number of amides is 2. The Hall–Kier alpha value is -1.83. The van der Waals surface area contributed by atoms with Crippen LogP contribution in [0, 0.1) is 0 Å². The molecule has 2 atom stereocenters. The molecule has 1 aromatic rings. The lowest BCUT2D eigenvalue weighted by Crippen LogP contribution is -2.51. The van der Waals surface area contributed by atoms with E-state index in [1.807, 2.05) is 13.8 Å². The molecule has 1 saturated heterocycles. The molecule has 2 amide bonds. The number of carbonyl (C=O) groups excluding carboxylic acids is 2. The number of nitrogens with one attached hydrogen (secondary N) is 1. The number of anilines is 1. The number of hydrogen-bond donors (Lipinski definition) is 1. The Balaban J connectivity index is 1.87. The van der Waals surface area contributed by atoms with Crippen LogP contribution in [0.5, 0.6) is 5.75 Å². The average Bonchev–Trinajstić information content (AvgIpc) is 2.53. The number of hydrogen-bond acceptors (Lipinski definition) is 5. The Labute approximate surface area is 159 Å². The van der Waals surface area contributed by atoms with Crippen LogP contribution in [0.4, 0.5) is 5.69 Å². The summed E-state index contributed by atoms with van der Waals surface area (Å²) in [6.07, 6.45) is 0.0400. The highest BCUT2D eigenvalue weighted by Gasteiger charge is 2.26. The van der Waals surface area contributed by atoms with Gasteiger partial charge in [-0.1, -0.05) is 11.6 Å². The molecular formula is C18H26ClN3O4. The molecule has 2 rings (SSSR count). The van der Waals surface area contributed by atoms with Crippen molar-refractivity contribution in [3.8, 4) is 5.75 Å². The van der Waals surface area contributed by atoms with Crippen LogP contribution in [0.15, 0.2) is 18.2 Å². The topological polar surface area (TPSA) is 71.1 Å². The quantitative estimate of drug-likeness (QED) is 0.811. The Bertz CT molecular complexity index is 645. The molecule has 1 aliphatic heterocycles. The molecule has 1 fully saturated rings. The van der Waals surface area contributed by atoms with E-state index in [2.05, 4.69) is 5.32 Å². The van der Waals surface area contributed by atoms with Crippen LogP contribution in [-0.4, -0.2) is 74.2 Å². The van der Waals surface area contributed by atoms with Crippen molar-refractivity contribution in [2.75, 3.05) is 45.7 Å². The van der Waals surface area contributed by atoms with Crippen molar-refractivity contribution in [3.05, 3.63) is 23.2 Å². The maximum atomic E-state index is 12.4. The largest absolute Gasteiger partial charge is 0.495 e. The minimum atomic E-state index is -0.246. The Kier molecular flexibility index (Phi) is 7.25. The van der Waals surface area contributed by atoms with E-state index in [0.717, 1.165) is 0 Å². The van der Waals surface area contributed by atoms with Crippen LogP contribution in [0.1, 0.15) is 13.8 Å². The number of carbonyl (C=O) groups is 2. The normalized spacial score (nSPS) is 20.2. The molecule has 0 radical (unpaired) electrons. The lowest BCUT2D eigenvalue weighted by molar-refractivity contribution is -0.144. The van der Waals surface area contributed by atoms with E-state index in [1.54, 1.807) is 35.0 Å². The molecule has 0 bridgehead atoms. The molecule has 0 aromatic heterocycles. The van der Waals surface area contributed by atoms with Crippen LogP contribution in [0.2, 0.25) is 5.02 Å². The van der Waals surface area contributed by atoms with Gasteiger partial charge in [0.2, 0.25) is 11.8 Å². The second kappa shape index (κ2) is 9.21. The third kappa shape index (κ3) is 5.86. The second-order valence-corrected chi connectivity index (χ2v) is 7.06. The lowest BCUT2D eigenvalue weighted by atomic mass is 10.2. The molecule has 0 saturated carbocycles. The summed E-state index contributed by atoms with van der Waals surface area (Å²) in [6, 6.07) is 5.00. The zero-order valence-corrected chi connectivity index (χ0v) is 16.4. The predicted octanol–water partition coefficient (Wildman–Crippen LogP) is 1.85. The number of rotatable bonds is 6. The smallest absolute Gasteiger partial charge is 0.238 e. The highest BCUT2D eigenvalue weighted by atomic mass is 35.5. The first-order chi connectivity index (χ1) is 12.3. The summed E-state index contributed by atoms with van der Waals surface area (Å²) in [5.41, 5.74) is 0.501. The van der Waals surface area contributed by atoms with Crippen molar-refractivity contribution < 1.29 is 19.1 Å². The number of ether oxygens (including phenoxy) is 2. The van der Waals surface area contributed by atoms with E-state index in [-0.39, 0.29) is 37.1 Å². The van der Waals surface area contributed by atoms with E-state index in [1.165, 1.54) is 7.11 Å². The van der Waals surface area contributed by atoms with Gasteiger partial charge in [-0.05, 0) is 39.1 Å². The van der Waals surface area contributed by atoms with E-state index in [9.17, 15) is 9.59 Å². The highest BCUT2D eigenvalue weighted by molar-refractivity contribution is 6.31. The molecule has 26 heavy (non-hydrogen) atoms. The number of morpholine rings is 1. The van der Waals surface area contributed by atoms with Crippen molar-refractivity contribution in [3.63, 3.8) is 0 Å². The van der Waals surface area contributed by atoms with Gasteiger partial charge in [-0.25, -0.2) is 0 Å². The fourth-order valence-corrected chi connectivity index (χ4v) is 3.15. The zero-order chi connectivity index (χ0) is 19.3. The molecule has 0 aliphatic carbocycles. The number of benzene rings is 1. The average molecular weight is 384 g/mol. The molecule has 1 N–H and O–H groups in total. The van der Waals surface area contributed by atoms with Crippen LogP contribution < -0.4 is 10.1 Å². The molecular weight excluding hydrogens is 358 g/mol. The van der Waals surface area contributed by atoms with Gasteiger partial charge in [0.05, 0.1) is 38.1 Å². The molecule has 8 heteroatoms. The number of methoxy groups -OCH3 is 1. The van der Waals surface area contributed by atoms with Gasteiger partial charge in [0, 0.05) is 18.1 Å². The molecule has 7 nitrogen and oxygen atoms in total. The fraction of sp³-hybridized carbons (Fsp3) is 0.556. The number of nitrogens with zero attached hydrogens (tertiary/aromatic N) is 2. The fourth-order valence-electron chi connectivity index (χ4n) is 2.98. The summed E-state index contributed by atoms with van der Waals surface area (Å²) in [5.74, 6) is 0.269. The summed E-state index contributed by atoms with van der Waals surface area (Å²) >= 11 is 5.96. The van der Waals surface area contributed by atoms with Gasteiger partial charge in [-0.3, -0.25) is 14.5 Å². The monoisotopic (exact) mass is 383 g/mol. The van der Waals surface area contributed by atoms with Gasteiger partial charge in [-0.2, -0.15) is 0 Å². The first-order valence-corrected chi connectivity index (χ1v) is 8.91. The molecule has 144 valence electrons. The lowest BCUT2D eigenvalue weighted by Gasteiger charge is -2.36. The third-order valence-electron chi connectivity index (χ3n) is 4.03. The molecule has 0 spiro atoms. The highest BCUT2D eigenvalue weighted by Crippen LogP contribution is 2.27.